The van der Waals surface area contributed by atoms with Gasteiger partial charge in [0, 0.05) is 17.5 Å². The molecular weight excluding hydrogens is 408 g/mol. The van der Waals surface area contributed by atoms with Crippen molar-refractivity contribution in [2.75, 3.05) is 0 Å². The molecule has 0 bridgehead atoms. The number of rotatable bonds is 21. The van der Waals surface area contributed by atoms with E-state index in [2.05, 4.69) is 20.1 Å². The van der Waals surface area contributed by atoms with Gasteiger partial charge in [0.05, 0.1) is 5.56 Å². The summed E-state index contributed by atoms with van der Waals surface area (Å²) in [4.78, 5) is 12.9. The molecule has 0 heterocycles. The van der Waals surface area contributed by atoms with Gasteiger partial charge in [-0.2, -0.15) is 0 Å². The van der Waals surface area contributed by atoms with Gasteiger partial charge in [0.15, 0.2) is 5.78 Å². The average Bonchev–Trinajstić information content (AvgIpc) is 2.80. The Labute approximate surface area is 203 Å². The molecule has 0 aromatic heterocycles. The highest BCUT2D eigenvalue weighted by Crippen LogP contribution is 2.35. The zero-order valence-corrected chi connectivity index (χ0v) is 21.2. The highest BCUT2D eigenvalue weighted by atomic mass is 16.3. The van der Waals surface area contributed by atoms with Crippen LogP contribution in [0.25, 0.3) is 0 Å². The topological polar surface area (TPSA) is 57.5 Å². The van der Waals surface area contributed by atoms with Crippen LogP contribution in [0.1, 0.15) is 131 Å². The second kappa shape index (κ2) is 18.4. The summed E-state index contributed by atoms with van der Waals surface area (Å²) in [7, 11) is 0. The van der Waals surface area contributed by atoms with Gasteiger partial charge in [-0.3, -0.25) is 4.79 Å². The van der Waals surface area contributed by atoms with Crippen LogP contribution in [0.3, 0.4) is 0 Å². The Morgan fingerprint density at radius 1 is 0.758 bits per heavy atom. The van der Waals surface area contributed by atoms with Crippen molar-refractivity contribution in [3.8, 4) is 11.5 Å². The molecule has 0 amide bonds. The summed E-state index contributed by atoms with van der Waals surface area (Å²) < 4.78 is 0. The molecular formula is C30H48O3. The molecule has 186 valence electrons. The van der Waals surface area contributed by atoms with Crippen LogP contribution in [-0.4, -0.2) is 16.0 Å². The van der Waals surface area contributed by atoms with Gasteiger partial charge in [0.1, 0.15) is 11.5 Å². The first kappa shape index (κ1) is 29.0. The van der Waals surface area contributed by atoms with Crippen molar-refractivity contribution in [3.05, 3.63) is 48.1 Å². The molecule has 0 saturated heterocycles. The summed E-state index contributed by atoms with van der Waals surface area (Å²) in [5, 5.41) is 21.0. The molecule has 0 saturated carbocycles. The minimum atomic E-state index is -0.0970. The van der Waals surface area contributed by atoms with Crippen LogP contribution in [0.4, 0.5) is 0 Å². The molecule has 1 aromatic carbocycles. The fourth-order valence-corrected chi connectivity index (χ4v) is 4.50. The molecule has 1 aromatic rings. The van der Waals surface area contributed by atoms with Crippen molar-refractivity contribution in [1.29, 1.82) is 0 Å². The molecule has 0 aliphatic carbocycles. The maximum Gasteiger partial charge on any atom is 0.167 e. The Balaban J connectivity index is 2.25. The van der Waals surface area contributed by atoms with Gasteiger partial charge >= 0.3 is 0 Å². The van der Waals surface area contributed by atoms with E-state index in [0.29, 0.717) is 30.4 Å². The summed E-state index contributed by atoms with van der Waals surface area (Å²) in [5.41, 5.74) is 1.27. The Morgan fingerprint density at radius 3 is 1.67 bits per heavy atom. The predicted octanol–water partition coefficient (Wildman–Crippen LogP) is 9.00. The standard InChI is InChI=1S/C30H48O3/c1-4-7-8-9-10-11-12-13-14-15-16-17-18-19-20-23-27(31)29-26(22-6-3)28(32)24-25(21-5-2)30(29)33/h5-6,24,32-33H,2-4,7-23H2,1H3. The molecule has 3 nitrogen and oxygen atoms in total. The highest BCUT2D eigenvalue weighted by molar-refractivity contribution is 6.01. The summed E-state index contributed by atoms with van der Waals surface area (Å²) in [5.74, 6) is -0.0693. The second-order valence-electron chi connectivity index (χ2n) is 9.37. The number of Topliss-reactive ketones (excluding diaryl/α,β-unsaturated/α-hetero) is 1. The van der Waals surface area contributed by atoms with Gasteiger partial charge in [-0.05, 0) is 25.3 Å². The number of aromatic hydroxyl groups is 2. The van der Waals surface area contributed by atoms with Crippen molar-refractivity contribution in [3.63, 3.8) is 0 Å². The summed E-state index contributed by atoms with van der Waals surface area (Å²) in [6.45, 7) is 9.67. The van der Waals surface area contributed by atoms with E-state index in [1.807, 2.05) is 0 Å². The maximum absolute atomic E-state index is 12.9. The number of carbonyl (C=O) groups is 1. The van der Waals surface area contributed by atoms with Crippen LogP contribution in [0, 0.1) is 0 Å². The second-order valence-corrected chi connectivity index (χ2v) is 9.37. The number of carbonyl (C=O) groups excluding carboxylic acids is 1. The van der Waals surface area contributed by atoms with Crippen molar-refractivity contribution in [2.24, 2.45) is 0 Å². The summed E-state index contributed by atoms with van der Waals surface area (Å²) >= 11 is 0. The lowest BCUT2D eigenvalue weighted by Crippen LogP contribution is -2.06. The minimum absolute atomic E-state index is 0.0180. The first-order valence-corrected chi connectivity index (χ1v) is 13.4. The van der Waals surface area contributed by atoms with E-state index in [4.69, 9.17) is 0 Å². The van der Waals surface area contributed by atoms with Crippen molar-refractivity contribution in [2.45, 2.75) is 122 Å². The van der Waals surface area contributed by atoms with E-state index < -0.39 is 0 Å². The first-order chi connectivity index (χ1) is 16.1. The lowest BCUT2D eigenvalue weighted by Gasteiger charge is -2.15. The Hall–Kier alpha value is -2.03. The molecule has 2 N–H and O–H groups in total. The zero-order valence-electron chi connectivity index (χ0n) is 21.2. The van der Waals surface area contributed by atoms with Crippen LogP contribution in [0.15, 0.2) is 31.4 Å². The largest absolute Gasteiger partial charge is 0.508 e. The SMILES string of the molecule is C=CCc1cc(O)c(CC=C)c(C(=O)CCCCCCCCCCCCCCCCC)c1O. The van der Waals surface area contributed by atoms with Crippen LogP contribution in [0.5, 0.6) is 11.5 Å². The monoisotopic (exact) mass is 456 g/mol. The lowest BCUT2D eigenvalue weighted by molar-refractivity contribution is 0.0975. The van der Waals surface area contributed by atoms with Crippen molar-refractivity contribution >= 4 is 5.78 Å². The smallest absolute Gasteiger partial charge is 0.167 e. The minimum Gasteiger partial charge on any atom is -0.508 e. The molecule has 3 heteroatoms. The Kier molecular flexibility index (Phi) is 16.2. The Morgan fingerprint density at radius 2 is 1.21 bits per heavy atom. The van der Waals surface area contributed by atoms with Crippen LogP contribution in [-0.2, 0) is 12.8 Å². The zero-order chi connectivity index (χ0) is 24.3. The third-order valence-corrected chi connectivity index (χ3v) is 6.46. The number of allylic oxidation sites excluding steroid dienone is 2. The maximum atomic E-state index is 12.9. The highest BCUT2D eigenvalue weighted by Gasteiger charge is 2.21. The molecule has 0 unspecified atom stereocenters. The fraction of sp³-hybridized carbons (Fsp3) is 0.633. The lowest BCUT2D eigenvalue weighted by atomic mass is 9.92. The van der Waals surface area contributed by atoms with Gasteiger partial charge in [0.2, 0.25) is 0 Å². The first-order valence-electron chi connectivity index (χ1n) is 13.4. The van der Waals surface area contributed by atoms with Gasteiger partial charge in [-0.1, -0.05) is 109 Å². The van der Waals surface area contributed by atoms with E-state index in [1.54, 1.807) is 12.2 Å². The Bertz CT molecular complexity index is 705. The van der Waals surface area contributed by atoms with Crippen LogP contribution < -0.4 is 0 Å². The van der Waals surface area contributed by atoms with Gasteiger partial charge in [0.25, 0.3) is 0 Å². The quantitative estimate of drug-likeness (QED) is 0.0839. The number of phenols is 2. The normalized spacial score (nSPS) is 10.9. The van der Waals surface area contributed by atoms with E-state index in [-0.39, 0.29) is 22.8 Å². The third kappa shape index (κ3) is 11.6. The van der Waals surface area contributed by atoms with Gasteiger partial charge < -0.3 is 10.2 Å². The number of benzene rings is 1. The van der Waals surface area contributed by atoms with E-state index in [1.165, 1.54) is 83.1 Å². The van der Waals surface area contributed by atoms with Crippen molar-refractivity contribution < 1.29 is 15.0 Å². The molecule has 1 rings (SSSR count). The summed E-state index contributed by atoms with van der Waals surface area (Å²) in [6.07, 6.45) is 23.7. The molecule has 33 heavy (non-hydrogen) atoms. The average molecular weight is 457 g/mol. The third-order valence-electron chi connectivity index (χ3n) is 6.46. The number of hydrogen-bond donors (Lipinski definition) is 2. The molecule has 0 spiro atoms. The molecule has 0 atom stereocenters. The molecule has 0 radical (unpaired) electrons. The number of ketones is 1. The van der Waals surface area contributed by atoms with Crippen LogP contribution in [0.2, 0.25) is 0 Å². The molecule has 0 aliphatic rings. The van der Waals surface area contributed by atoms with E-state index in [9.17, 15) is 15.0 Å². The number of unbranched alkanes of at least 4 members (excludes halogenated alkanes) is 14. The van der Waals surface area contributed by atoms with Gasteiger partial charge in [-0.15, -0.1) is 13.2 Å². The predicted molar refractivity (Wildman–Crippen MR) is 141 cm³/mol. The van der Waals surface area contributed by atoms with Crippen molar-refractivity contribution in [1.82, 2.24) is 0 Å². The summed E-state index contributed by atoms with van der Waals surface area (Å²) in [6, 6.07) is 1.53. The van der Waals surface area contributed by atoms with Crippen LogP contribution >= 0.6 is 0 Å². The fourth-order valence-electron chi connectivity index (χ4n) is 4.50. The molecule has 0 aliphatic heterocycles. The van der Waals surface area contributed by atoms with E-state index >= 15 is 0 Å². The molecule has 0 fully saturated rings. The number of hydrogen-bond acceptors (Lipinski definition) is 3. The van der Waals surface area contributed by atoms with Gasteiger partial charge in [-0.25, -0.2) is 0 Å². The van der Waals surface area contributed by atoms with E-state index in [0.717, 1.165) is 19.3 Å². The number of phenolic OH excluding ortho intramolecular Hbond substituents is 2.